The summed E-state index contributed by atoms with van der Waals surface area (Å²) in [5.74, 6) is 1.51. The number of hydrogen-bond acceptors (Lipinski definition) is 2. The van der Waals surface area contributed by atoms with Crippen molar-refractivity contribution in [2.75, 3.05) is 18.0 Å². The summed E-state index contributed by atoms with van der Waals surface area (Å²) in [6.45, 7) is 9.07. The van der Waals surface area contributed by atoms with E-state index < -0.39 is 0 Å². The zero-order valence-corrected chi connectivity index (χ0v) is 13.0. The Kier molecular flexibility index (Phi) is 4.75. The first-order valence-electron chi connectivity index (χ1n) is 7.30. The first kappa shape index (κ1) is 14.7. The molecule has 0 spiro atoms. The topological polar surface area (TPSA) is 29.3 Å². The van der Waals surface area contributed by atoms with Gasteiger partial charge in [0, 0.05) is 29.8 Å². The van der Waals surface area contributed by atoms with Gasteiger partial charge in [0.25, 0.3) is 0 Å². The highest BCUT2D eigenvalue weighted by Gasteiger charge is 2.27. The van der Waals surface area contributed by atoms with Crippen LogP contribution in [0.5, 0.6) is 0 Å². The molecule has 0 amide bonds. The van der Waals surface area contributed by atoms with Gasteiger partial charge in [-0.1, -0.05) is 32.4 Å². The average Bonchev–Trinajstić information content (AvgIpc) is 2.69. The maximum absolute atomic E-state index is 6.15. The second-order valence-electron chi connectivity index (χ2n) is 6.01. The molecule has 106 valence electrons. The Balaban J connectivity index is 2.24. The Bertz CT molecular complexity index is 423. The third kappa shape index (κ3) is 3.43. The largest absolute Gasteiger partial charge is 0.371 e. The van der Waals surface area contributed by atoms with Crippen LogP contribution in [0.2, 0.25) is 5.02 Å². The van der Waals surface area contributed by atoms with E-state index in [4.69, 9.17) is 17.3 Å². The molecule has 0 aromatic heterocycles. The minimum atomic E-state index is 0.217. The fourth-order valence-electron chi connectivity index (χ4n) is 2.78. The highest BCUT2D eigenvalue weighted by molar-refractivity contribution is 6.30. The Hall–Kier alpha value is -0.730. The summed E-state index contributed by atoms with van der Waals surface area (Å²) in [6, 6.07) is 6.45. The Morgan fingerprint density at radius 3 is 2.53 bits per heavy atom. The number of anilines is 1. The normalized spacial score (nSPS) is 24.8. The molecule has 1 aliphatic rings. The molecule has 0 radical (unpaired) electrons. The van der Waals surface area contributed by atoms with Crippen molar-refractivity contribution in [2.24, 2.45) is 17.6 Å². The first-order chi connectivity index (χ1) is 9.01. The van der Waals surface area contributed by atoms with Gasteiger partial charge in [-0.15, -0.1) is 0 Å². The van der Waals surface area contributed by atoms with Crippen LogP contribution in [0.25, 0.3) is 0 Å². The van der Waals surface area contributed by atoms with E-state index in [1.165, 1.54) is 11.3 Å². The SMILES string of the molecule is CCC(N)Cc1cc(Cl)ccc1N1CC(C)C(C)C1. The maximum atomic E-state index is 6.15. The van der Waals surface area contributed by atoms with Crippen LogP contribution >= 0.6 is 11.6 Å². The van der Waals surface area contributed by atoms with Crippen LogP contribution in [-0.2, 0) is 6.42 Å². The molecule has 1 aliphatic heterocycles. The van der Waals surface area contributed by atoms with E-state index >= 15 is 0 Å². The molecule has 19 heavy (non-hydrogen) atoms. The van der Waals surface area contributed by atoms with Gasteiger partial charge in [-0.25, -0.2) is 0 Å². The monoisotopic (exact) mass is 280 g/mol. The van der Waals surface area contributed by atoms with Crippen LogP contribution in [0.15, 0.2) is 18.2 Å². The molecule has 2 nitrogen and oxygen atoms in total. The molecule has 0 saturated carbocycles. The molecule has 1 aromatic carbocycles. The summed E-state index contributed by atoms with van der Waals surface area (Å²) in [4.78, 5) is 2.49. The summed E-state index contributed by atoms with van der Waals surface area (Å²) in [7, 11) is 0. The van der Waals surface area contributed by atoms with Crippen molar-refractivity contribution >= 4 is 17.3 Å². The van der Waals surface area contributed by atoms with Crippen molar-refractivity contribution in [1.29, 1.82) is 0 Å². The van der Waals surface area contributed by atoms with E-state index in [0.717, 1.165) is 42.8 Å². The molecule has 1 heterocycles. The lowest BCUT2D eigenvalue weighted by Crippen LogP contribution is -2.25. The highest BCUT2D eigenvalue weighted by atomic mass is 35.5. The van der Waals surface area contributed by atoms with Crippen LogP contribution in [0, 0.1) is 11.8 Å². The van der Waals surface area contributed by atoms with E-state index in [1.54, 1.807) is 0 Å². The summed E-state index contributed by atoms with van der Waals surface area (Å²) < 4.78 is 0. The molecule has 0 bridgehead atoms. The van der Waals surface area contributed by atoms with Gasteiger partial charge in [-0.05, 0) is 48.4 Å². The van der Waals surface area contributed by atoms with E-state index in [0.29, 0.717) is 0 Å². The summed E-state index contributed by atoms with van der Waals surface area (Å²) >= 11 is 6.15. The fourth-order valence-corrected chi connectivity index (χ4v) is 2.97. The van der Waals surface area contributed by atoms with Gasteiger partial charge in [0.05, 0.1) is 0 Å². The third-order valence-electron chi connectivity index (χ3n) is 4.38. The van der Waals surface area contributed by atoms with Crippen molar-refractivity contribution < 1.29 is 0 Å². The Morgan fingerprint density at radius 2 is 1.95 bits per heavy atom. The number of benzene rings is 1. The molecule has 3 atom stereocenters. The Morgan fingerprint density at radius 1 is 1.32 bits per heavy atom. The molecule has 1 fully saturated rings. The standard InChI is InChI=1S/C16H25ClN2/c1-4-15(18)8-13-7-14(17)5-6-16(13)19-9-11(2)12(3)10-19/h5-7,11-12,15H,4,8-10,18H2,1-3H3. The average molecular weight is 281 g/mol. The molecular weight excluding hydrogens is 256 g/mol. The summed E-state index contributed by atoms with van der Waals surface area (Å²) in [6.07, 6.45) is 1.91. The second-order valence-corrected chi connectivity index (χ2v) is 6.44. The van der Waals surface area contributed by atoms with Gasteiger partial charge in [-0.2, -0.15) is 0 Å². The van der Waals surface area contributed by atoms with E-state index in [1.807, 2.05) is 6.07 Å². The minimum absolute atomic E-state index is 0.217. The molecule has 1 aromatic rings. The first-order valence-corrected chi connectivity index (χ1v) is 7.68. The predicted molar refractivity (Wildman–Crippen MR) is 84.0 cm³/mol. The lowest BCUT2D eigenvalue weighted by atomic mass is 10.0. The van der Waals surface area contributed by atoms with Gasteiger partial charge >= 0.3 is 0 Å². The number of halogens is 1. The van der Waals surface area contributed by atoms with Crippen molar-refractivity contribution in [3.63, 3.8) is 0 Å². The number of nitrogens with zero attached hydrogens (tertiary/aromatic N) is 1. The molecule has 2 rings (SSSR count). The van der Waals surface area contributed by atoms with Crippen LogP contribution in [0.1, 0.15) is 32.8 Å². The third-order valence-corrected chi connectivity index (χ3v) is 4.61. The van der Waals surface area contributed by atoms with Gasteiger partial charge in [0.1, 0.15) is 0 Å². The summed E-state index contributed by atoms with van der Waals surface area (Å²) in [5, 5.41) is 0.808. The predicted octanol–water partition coefficient (Wildman–Crippen LogP) is 3.71. The number of hydrogen-bond donors (Lipinski definition) is 1. The van der Waals surface area contributed by atoms with Gasteiger partial charge < -0.3 is 10.6 Å². The Labute approximate surface area is 121 Å². The van der Waals surface area contributed by atoms with Crippen molar-refractivity contribution in [1.82, 2.24) is 0 Å². The van der Waals surface area contributed by atoms with Crippen LogP contribution in [0.3, 0.4) is 0 Å². The van der Waals surface area contributed by atoms with Crippen LogP contribution in [0.4, 0.5) is 5.69 Å². The van der Waals surface area contributed by atoms with Crippen LogP contribution < -0.4 is 10.6 Å². The molecule has 2 N–H and O–H groups in total. The van der Waals surface area contributed by atoms with Gasteiger partial charge in [-0.3, -0.25) is 0 Å². The minimum Gasteiger partial charge on any atom is -0.371 e. The second kappa shape index (κ2) is 6.15. The van der Waals surface area contributed by atoms with Gasteiger partial charge in [0.15, 0.2) is 0 Å². The number of rotatable bonds is 4. The van der Waals surface area contributed by atoms with E-state index in [-0.39, 0.29) is 6.04 Å². The van der Waals surface area contributed by atoms with Crippen molar-refractivity contribution in [2.45, 2.75) is 39.7 Å². The molecule has 3 unspecified atom stereocenters. The van der Waals surface area contributed by atoms with Gasteiger partial charge in [0.2, 0.25) is 0 Å². The lowest BCUT2D eigenvalue weighted by Gasteiger charge is -2.23. The van der Waals surface area contributed by atoms with Crippen molar-refractivity contribution in [3.05, 3.63) is 28.8 Å². The van der Waals surface area contributed by atoms with E-state index in [9.17, 15) is 0 Å². The fraction of sp³-hybridized carbons (Fsp3) is 0.625. The van der Waals surface area contributed by atoms with Crippen molar-refractivity contribution in [3.8, 4) is 0 Å². The zero-order chi connectivity index (χ0) is 14.0. The maximum Gasteiger partial charge on any atom is 0.0410 e. The van der Waals surface area contributed by atoms with Crippen LogP contribution in [-0.4, -0.2) is 19.1 Å². The lowest BCUT2D eigenvalue weighted by molar-refractivity contribution is 0.494. The zero-order valence-electron chi connectivity index (χ0n) is 12.2. The molecule has 1 saturated heterocycles. The molecule has 3 heteroatoms. The number of nitrogens with two attached hydrogens (primary N) is 1. The molecular formula is C16H25ClN2. The highest BCUT2D eigenvalue weighted by Crippen LogP contribution is 2.32. The van der Waals surface area contributed by atoms with E-state index in [2.05, 4.69) is 37.8 Å². The summed E-state index contributed by atoms with van der Waals surface area (Å²) in [5.41, 5.74) is 8.73. The molecule has 0 aliphatic carbocycles. The quantitative estimate of drug-likeness (QED) is 0.911. The smallest absolute Gasteiger partial charge is 0.0410 e.